The Morgan fingerprint density at radius 3 is 2.39 bits per heavy atom. The van der Waals surface area contributed by atoms with Gasteiger partial charge in [-0.2, -0.15) is 15.0 Å². The molecule has 2 N–H and O–H groups in total. The van der Waals surface area contributed by atoms with E-state index in [2.05, 4.69) is 20.8 Å². The molecule has 0 aliphatic rings. The van der Waals surface area contributed by atoms with E-state index in [4.69, 9.17) is 4.74 Å². The molecule has 0 unspecified atom stereocenters. The fourth-order valence-corrected chi connectivity index (χ4v) is 1.89. The molecule has 7 nitrogen and oxygen atoms in total. The van der Waals surface area contributed by atoms with Crippen molar-refractivity contribution in [1.29, 1.82) is 0 Å². The Labute approximate surface area is 136 Å². The van der Waals surface area contributed by atoms with Crippen LogP contribution in [0.2, 0.25) is 0 Å². The number of hydrogen-bond acceptors (Lipinski definition) is 5. The third kappa shape index (κ3) is 5.98. The van der Waals surface area contributed by atoms with E-state index in [1.165, 1.54) is 0 Å². The Hall–Kier alpha value is -2.57. The van der Waals surface area contributed by atoms with Crippen molar-refractivity contribution in [2.75, 3.05) is 18.4 Å². The van der Waals surface area contributed by atoms with Crippen molar-refractivity contribution in [3.63, 3.8) is 0 Å². The predicted molar refractivity (Wildman–Crippen MR) is 88.7 cm³/mol. The molecule has 1 aromatic carbocycles. The van der Waals surface area contributed by atoms with Crippen LogP contribution in [0, 0.1) is 0 Å². The van der Waals surface area contributed by atoms with Crippen molar-refractivity contribution in [3.05, 3.63) is 36.7 Å². The summed E-state index contributed by atoms with van der Waals surface area (Å²) in [4.78, 5) is 13.0. The zero-order chi connectivity index (χ0) is 16.7. The Kier molecular flexibility index (Phi) is 5.56. The van der Waals surface area contributed by atoms with E-state index in [9.17, 15) is 4.79 Å². The van der Waals surface area contributed by atoms with Crippen molar-refractivity contribution in [2.24, 2.45) is 0 Å². The highest BCUT2D eigenvalue weighted by Gasteiger charge is 2.15. The molecule has 2 rings (SSSR count). The van der Waals surface area contributed by atoms with Gasteiger partial charge in [-0.05, 0) is 51.5 Å². The number of carbonyl (C=O) groups excluding carboxylic acids is 1. The van der Waals surface area contributed by atoms with Crippen LogP contribution in [0.1, 0.15) is 27.2 Å². The highest BCUT2D eigenvalue weighted by Crippen LogP contribution is 2.11. The van der Waals surface area contributed by atoms with Crippen LogP contribution < -0.4 is 10.6 Å². The van der Waals surface area contributed by atoms with Gasteiger partial charge in [0.15, 0.2) is 0 Å². The molecule has 1 heterocycles. The van der Waals surface area contributed by atoms with E-state index < -0.39 is 5.60 Å². The summed E-state index contributed by atoms with van der Waals surface area (Å²) in [6.07, 6.45) is 3.71. The maximum Gasteiger partial charge on any atom is 0.407 e. The third-order valence-corrected chi connectivity index (χ3v) is 2.87. The van der Waals surface area contributed by atoms with Crippen LogP contribution in [0.15, 0.2) is 36.7 Å². The standard InChI is InChI=1S/C16H23N5O2/c1-16(2,3)23-15(22)18-10-4-9-17-13-5-7-14(8-6-13)21-19-11-12-20-21/h5-8,11-12,17H,4,9-10H2,1-3H3,(H,18,22). The van der Waals surface area contributed by atoms with E-state index in [1.807, 2.05) is 45.0 Å². The summed E-state index contributed by atoms with van der Waals surface area (Å²) in [6.45, 7) is 6.86. The summed E-state index contributed by atoms with van der Waals surface area (Å²) >= 11 is 0. The summed E-state index contributed by atoms with van der Waals surface area (Å²) in [5.74, 6) is 0. The van der Waals surface area contributed by atoms with Gasteiger partial charge in [0.05, 0.1) is 18.1 Å². The first-order chi connectivity index (χ1) is 10.9. The van der Waals surface area contributed by atoms with Crippen molar-refractivity contribution < 1.29 is 9.53 Å². The lowest BCUT2D eigenvalue weighted by Crippen LogP contribution is -2.33. The van der Waals surface area contributed by atoms with E-state index in [-0.39, 0.29) is 6.09 Å². The first-order valence-electron chi connectivity index (χ1n) is 7.61. The smallest absolute Gasteiger partial charge is 0.407 e. The second-order valence-corrected chi connectivity index (χ2v) is 6.07. The number of amides is 1. The Bertz CT molecular complexity index is 602. The molecular formula is C16H23N5O2. The molecule has 23 heavy (non-hydrogen) atoms. The van der Waals surface area contributed by atoms with E-state index in [0.717, 1.165) is 24.3 Å². The summed E-state index contributed by atoms with van der Waals surface area (Å²) in [5, 5.41) is 14.2. The second-order valence-electron chi connectivity index (χ2n) is 6.07. The molecule has 0 saturated heterocycles. The molecule has 0 aliphatic heterocycles. The number of nitrogens with zero attached hydrogens (tertiary/aromatic N) is 3. The van der Waals surface area contributed by atoms with Gasteiger partial charge in [0.1, 0.15) is 5.60 Å². The van der Waals surface area contributed by atoms with Crippen LogP contribution in [0.4, 0.5) is 10.5 Å². The first-order valence-corrected chi connectivity index (χ1v) is 7.61. The zero-order valence-electron chi connectivity index (χ0n) is 13.7. The number of aromatic nitrogens is 3. The highest BCUT2D eigenvalue weighted by molar-refractivity contribution is 5.67. The monoisotopic (exact) mass is 317 g/mol. The molecule has 0 atom stereocenters. The van der Waals surface area contributed by atoms with Crippen LogP contribution in [0.5, 0.6) is 0 Å². The lowest BCUT2D eigenvalue weighted by atomic mass is 10.2. The summed E-state index contributed by atoms with van der Waals surface area (Å²) in [6, 6.07) is 7.84. The molecular weight excluding hydrogens is 294 g/mol. The number of ether oxygens (including phenoxy) is 1. The number of nitrogens with one attached hydrogen (secondary N) is 2. The summed E-state index contributed by atoms with van der Waals surface area (Å²) in [7, 11) is 0. The van der Waals surface area contributed by atoms with Crippen LogP contribution in [-0.4, -0.2) is 39.8 Å². The Morgan fingerprint density at radius 1 is 1.13 bits per heavy atom. The molecule has 0 aliphatic carbocycles. The van der Waals surface area contributed by atoms with Gasteiger partial charge in [0.2, 0.25) is 0 Å². The van der Waals surface area contributed by atoms with Gasteiger partial charge in [-0.15, -0.1) is 0 Å². The minimum Gasteiger partial charge on any atom is -0.444 e. The molecule has 0 fully saturated rings. The van der Waals surface area contributed by atoms with Gasteiger partial charge in [-0.3, -0.25) is 0 Å². The minimum atomic E-state index is -0.465. The van der Waals surface area contributed by atoms with Gasteiger partial charge in [-0.1, -0.05) is 0 Å². The normalized spacial score (nSPS) is 11.1. The maximum absolute atomic E-state index is 11.5. The second kappa shape index (κ2) is 7.62. The third-order valence-electron chi connectivity index (χ3n) is 2.87. The SMILES string of the molecule is CC(C)(C)OC(=O)NCCCNc1ccc(-n2nccn2)cc1. The Morgan fingerprint density at radius 2 is 1.78 bits per heavy atom. The topological polar surface area (TPSA) is 81.1 Å². The van der Waals surface area contributed by atoms with E-state index >= 15 is 0 Å². The van der Waals surface area contributed by atoms with E-state index in [1.54, 1.807) is 17.2 Å². The fourth-order valence-electron chi connectivity index (χ4n) is 1.89. The molecule has 1 aromatic heterocycles. The molecule has 1 amide bonds. The van der Waals surface area contributed by atoms with Crippen LogP contribution >= 0.6 is 0 Å². The zero-order valence-corrected chi connectivity index (χ0v) is 13.7. The molecule has 0 radical (unpaired) electrons. The van der Waals surface area contributed by atoms with Gasteiger partial charge < -0.3 is 15.4 Å². The van der Waals surface area contributed by atoms with Crippen LogP contribution in [0.3, 0.4) is 0 Å². The van der Waals surface area contributed by atoms with Gasteiger partial charge in [-0.25, -0.2) is 4.79 Å². The number of rotatable bonds is 6. The van der Waals surface area contributed by atoms with Crippen molar-refractivity contribution in [3.8, 4) is 5.69 Å². The van der Waals surface area contributed by atoms with Crippen molar-refractivity contribution >= 4 is 11.8 Å². The fraction of sp³-hybridized carbons (Fsp3) is 0.438. The minimum absolute atomic E-state index is 0.381. The van der Waals surface area contributed by atoms with Gasteiger partial charge in [0.25, 0.3) is 0 Å². The molecule has 7 heteroatoms. The van der Waals surface area contributed by atoms with Crippen LogP contribution in [-0.2, 0) is 4.74 Å². The summed E-state index contributed by atoms with van der Waals surface area (Å²) < 4.78 is 5.17. The first kappa shape index (κ1) is 16.8. The number of anilines is 1. The number of benzene rings is 1. The molecule has 0 bridgehead atoms. The quantitative estimate of drug-likeness (QED) is 0.800. The predicted octanol–water partition coefficient (Wildman–Crippen LogP) is 2.59. The van der Waals surface area contributed by atoms with E-state index in [0.29, 0.717) is 6.54 Å². The Balaban J connectivity index is 1.66. The lowest BCUT2D eigenvalue weighted by molar-refractivity contribution is 0.0528. The molecule has 124 valence electrons. The number of carbonyl (C=O) groups is 1. The van der Waals surface area contributed by atoms with Crippen molar-refractivity contribution in [2.45, 2.75) is 32.8 Å². The van der Waals surface area contributed by atoms with Crippen molar-refractivity contribution in [1.82, 2.24) is 20.3 Å². The highest BCUT2D eigenvalue weighted by atomic mass is 16.6. The summed E-state index contributed by atoms with van der Waals surface area (Å²) in [5.41, 5.74) is 1.46. The lowest BCUT2D eigenvalue weighted by Gasteiger charge is -2.19. The largest absolute Gasteiger partial charge is 0.444 e. The molecule has 2 aromatic rings. The van der Waals surface area contributed by atoms with Gasteiger partial charge in [0, 0.05) is 18.8 Å². The van der Waals surface area contributed by atoms with Crippen LogP contribution in [0.25, 0.3) is 5.69 Å². The molecule has 0 spiro atoms. The number of hydrogen-bond donors (Lipinski definition) is 2. The molecule has 0 saturated carbocycles. The number of alkyl carbamates (subject to hydrolysis) is 1. The average molecular weight is 317 g/mol. The average Bonchev–Trinajstić information content (AvgIpc) is 3.00. The maximum atomic E-state index is 11.5. The van der Waals surface area contributed by atoms with Gasteiger partial charge >= 0.3 is 6.09 Å².